The summed E-state index contributed by atoms with van der Waals surface area (Å²) in [6, 6.07) is 0. The van der Waals surface area contributed by atoms with Crippen molar-refractivity contribution in [2.75, 3.05) is 0 Å². The zero-order valence-corrected chi connectivity index (χ0v) is 10.6. The third-order valence-corrected chi connectivity index (χ3v) is 4.04. The lowest BCUT2D eigenvalue weighted by Crippen LogP contribution is -2.60. The van der Waals surface area contributed by atoms with Crippen LogP contribution in [-0.4, -0.2) is 58.0 Å². The molecule has 5 fully saturated rings. The van der Waals surface area contributed by atoms with Crippen molar-refractivity contribution in [1.29, 1.82) is 0 Å². The van der Waals surface area contributed by atoms with Gasteiger partial charge in [0.1, 0.15) is 0 Å². The highest BCUT2D eigenvalue weighted by molar-refractivity contribution is 6.45. The molecule has 18 heavy (non-hydrogen) atoms. The van der Waals surface area contributed by atoms with Crippen molar-refractivity contribution in [3.05, 3.63) is 0 Å². The first kappa shape index (κ1) is 11.8. The summed E-state index contributed by atoms with van der Waals surface area (Å²) in [5.74, 6) is 0. The Balaban J connectivity index is 1.71. The lowest BCUT2D eigenvalue weighted by Gasteiger charge is -2.40. The molecule has 5 aliphatic rings. The van der Waals surface area contributed by atoms with E-state index < -0.39 is 0 Å². The molecular weight excluding hydrogens is 237 g/mol. The zero-order chi connectivity index (χ0) is 12.4. The van der Waals surface area contributed by atoms with Crippen LogP contribution in [0.5, 0.6) is 0 Å². The lowest BCUT2D eigenvalue weighted by atomic mass is 9.85. The molecule has 1 saturated carbocycles. The average Bonchev–Trinajstić information content (AvgIpc) is 2.80. The van der Waals surface area contributed by atoms with Gasteiger partial charge >= 0.3 is 21.4 Å². The number of rotatable bonds is 0. The predicted octanol–water partition coefficient (Wildman–Crippen LogP) is -0.294. The fourth-order valence-electron chi connectivity index (χ4n) is 3.47. The standard InChI is InChI=1S/C9H15B3O6/c1-10-13-4-5(14-10)9-7-6(15-11(2)16-7)8(4)17-12(3)18-9/h4-9H,1-3H3/t4-,5+,6+,7-,8?,9?. The largest absolute Gasteiger partial charge is 0.454 e. The molecule has 4 heterocycles. The summed E-state index contributed by atoms with van der Waals surface area (Å²) in [5.41, 5.74) is 0. The molecule has 1 aliphatic carbocycles. The number of hydrogen-bond acceptors (Lipinski definition) is 6. The van der Waals surface area contributed by atoms with Crippen LogP contribution in [-0.2, 0) is 27.9 Å². The Morgan fingerprint density at radius 2 is 0.611 bits per heavy atom. The predicted molar refractivity (Wildman–Crippen MR) is 64.1 cm³/mol. The lowest BCUT2D eigenvalue weighted by molar-refractivity contribution is -0.106. The zero-order valence-electron chi connectivity index (χ0n) is 10.6. The topological polar surface area (TPSA) is 55.4 Å². The molecule has 6 nitrogen and oxygen atoms in total. The van der Waals surface area contributed by atoms with E-state index in [1.807, 2.05) is 20.5 Å². The molecule has 9 heteroatoms. The van der Waals surface area contributed by atoms with Gasteiger partial charge in [0.05, 0.1) is 36.6 Å². The van der Waals surface area contributed by atoms with Crippen LogP contribution in [0.2, 0.25) is 20.5 Å². The van der Waals surface area contributed by atoms with Gasteiger partial charge in [-0.25, -0.2) is 0 Å². The summed E-state index contributed by atoms with van der Waals surface area (Å²) in [6.45, 7) is 5.66. The summed E-state index contributed by atoms with van der Waals surface area (Å²) in [4.78, 5) is 0. The monoisotopic (exact) mass is 252 g/mol. The van der Waals surface area contributed by atoms with Crippen molar-refractivity contribution in [2.24, 2.45) is 0 Å². The Kier molecular flexibility index (Phi) is 2.60. The van der Waals surface area contributed by atoms with E-state index in [1.165, 1.54) is 0 Å². The maximum atomic E-state index is 5.89. The second-order valence-corrected chi connectivity index (χ2v) is 5.31. The van der Waals surface area contributed by atoms with Gasteiger partial charge in [-0.2, -0.15) is 0 Å². The highest BCUT2D eigenvalue weighted by Gasteiger charge is 2.63. The second-order valence-electron chi connectivity index (χ2n) is 5.31. The van der Waals surface area contributed by atoms with Crippen LogP contribution in [0.4, 0.5) is 0 Å². The fraction of sp³-hybridized carbons (Fsp3) is 1.00. The van der Waals surface area contributed by atoms with Gasteiger partial charge in [0.15, 0.2) is 0 Å². The van der Waals surface area contributed by atoms with E-state index in [-0.39, 0.29) is 58.0 Å². The summed E-state index contributed by atoms with van der Waals surface area (Å²) in [5, 5.41) is 0. The second kappa shape index (κ2) is 3.97. The molecule has 0 radical (unpaired) electrons. The highest BCUT2D eigenvalue weighted by Crippen LogP contribution is 2.42. The van der Waals surface area contributed by atoms with Crippen LogP contribution in [0.1, 0.15) is 0 Å². The molecular formula is C9H15B3O6. The first-order chi connectivity index (χ1) is 8.63. The van der Waals surface area contributed by atoms with E-state index in [9.17, 15) is 0 Å². The molecule has 0 aromatic heterocycles. The molecule has 0 aromatic rings. The van der Waals surface area contributed by atoms with Crippen LogP contribution in [0.15, 0.2) is 0 Å². The van der Waals surface area contributed by atoms with Gasteiger partial charge in [-0.3, -0.25) is 0 Å². The van der Waals surface area contributed by atoms with Crippen LogP contribution >= 0.6 is 0 Å². The first-order valence-electron chi connectivity index (χ1n) is 6.56. The fourth-order valence-corrected chi connectivity index (χ4v) is 3.47. The summed E-state index contributed by atoms with van der Waals surface area (Å²) in [7, 11) is -0.759. The van der Waals surface area contributed by atoms with Gasteiger partial charge in [-0.05, 0) is 20.5 Å². The van der Waals surface area contributed by atoms with E-state index in [2.05, 4.69) is 0 Å². The van der Waals surface area contributed by atoms with Gasteiger partial charge < -0.3 is 27.9 Å². The van der Waals surface area contributed by atoms with Gasteiger partial charge in [0.25, 0.3) is 0 Å². The minimum atomic E-state index is -0.291. The van der Waals surface area contributed by atoms with Gasteiger partial charge in [-0.15, -0.1) is 0 Å². The Bertz CT molecular complexity index is 303. The molecule has 0 N–H and O–H groups in total. The third-order valence-electron chi connectivity index (χ3n) is 4.04. The van der Waals surface area contributed by atoms with Crippen LogP contribution in [0, 0.1) is 0 Å². The maximum absolute atomic E-state index is 5.89. The van der Waals surface area contributed by atoms with Crippen molar-refractivity contribution in [1.82, 2.24) is 0 Å². The Morgan fingerprint density at radius 1 is 0.444 bits per heavy atom. The minimum absolute atomic E-state index is 0.134. The SMILES string of the molecule is CB1OC2[C@H]3OB(C)O[C@H]3C(O1)[C@H]1OB(C)O[C@@H]21. The Morgan fingerprint density at radius 3 is 0.778 bits per heavy atom. The highest BCUT2D eigenvalue weighted by atomic mass is 16.7. The van der Waals surface area contributed by atoms with Crippen molar-refractivity contribution in [2.45, 2.75) is 57.1 Å². The van der Waals surface area contributed by atoms with Gasteiger partial charge in [0.2, 0.25) is 0 Å². The van der Waals surface area contributed by atoms with Gasteiger partial charge in [-0.1, -0.05) is 0 Å². The summed E-state index contributed by atoms with van der Waals surface area (Å²) >= 11 is 0. The summed E-state index contributed by atoms with van der Waals surface area (Å²) in [6.07, 6.45) is -0.919. The molecule has 0 spiro atoms. The third kappa shape index (κ3) is 1.55. The normalized spacial score (nSPS) is 50.5. The molecule has 4 aliphatic heterocycles. The van der Waals surface area contributed by atoms with E-state index in [1.54, 1.807) is 0 Å². The molecule has 4 saturated heterocycles. The van der Waals surface area contributed by atoms with E-state index >= 15 is 0 Å². The number of hydrogen-bond donors (Lipinski definition) is 0. The van der Waals surface area contributed by atoms with Crippen LogP contribution in [0.25, 0.3) is 0 Å². The molecule has 0 amide bonds. The van der Waals surface area contributed by atoms with E-state index in [0.29, 0.717) is 0 Å². The maximum Gasteiger partial charge on any atom is 0.454 e. The van der Waals surface area contributed by atoms with Gasteiger partial charge in [0, 0.05) is 0 Å². The Labute approximate surface area is 107 Å². The van der Waals surface area contributed by atoms with Crippen molar-refractivity contribution >= 4 is 21.4 Å². The minimum Gasteiger partial charge on any atom is -0.403 e. The first-order valence-corrected chi connectivity index (χ1v) is 6.56. The molecule has 0 atom stereocenters. The van der Waals surface area contributed by atoms with Crippen molar-refractivity contribution in [3.8, 4) is 0 Å². The molecule has 0 aromatic carbocycles. The van der Waals surface area contributed by atoms with Crippen LogP contribution < -0.4 is 0 Å². The van der Waals surface area contributed by atoms with E-state index in [0.717, 1.165) is 0 Å². The molecule has 5 rings (SSSR count). The molecule has 0 unspecified atom stereocenters. The average molecular weight is 252 g/mol. The van der Waals surface area contributed by atoms with Crippen molar-refractivity contribution < 1.29 is 27.9 Å². The molecule has 2 bridgehead atoms. The Hall–Kier alpha value is -0.0452. The van der Waals surface area contributed by atoms with Crippen LogP contribution in [0.3, 0.4) is 0 Å². The summed E-state index contributed by atoms with van der Waals surface area (Å²) < 4.78 is 35.0. The van der Waals surface area contributed by atoms with Crippen molar-refractivity contribution in [3.63, 3.8) is 0 Å². The quantitative estimate of drug-likeness (QED) is 0.552. The van der Waals surface area contributed by atoms with E-state index in [4.69, 9.17) is 27.9 Å². The number of fused-ring (bicyclic) bond motifs is 2. The smallest absolute Gasteiger partial charge is 0.403 e. The molecule has 96 valence electrons.